The minimum Gasteiger partial charge on any atom is -0.375 e. The van der Waals surface area contributed by atoms with Gasteiger partial charge < -0.3 is 5.73 Å². The molecule has 0 saturated heterocycles. The van der Waals surface area contributed by atoms with Crippen LogP contribution in [0.25, 0.3) is 0 Å². The van der Waals surface area contributed by atoms with Gasteiger partial charge >= 0.3 is 0 Å². The van der Waals surface area contributed by atoms with Crippen LogP contribution in [-0.4, -0.2) is 16.4 Å². The SMILES string of the molecule is Cl.Cl.Nc1nc(CN2CCc3ccccc3C2)cs1. The Balaban J connectivity index is 0.000000902. The first kappa shape index (κ1) is 16.2. The molecule has 6 heteroatoms. The highest BCUT2D eigenvalue weighted by Crippen LogP contribution is 2.21. The lowest BCUT2D eigenvalue weighted by Gasteiger charge is -2.27. The molecule has 0 amide bonds. The molecule has 0 bridgehead atoms. The number of nitrogens with zero attached hydrogens (tertiary/aromatic N) is 2. The first-order chi connectivity index (χ1) is 8.31. The van der Waals surface area contributed by atoms with E-state index in [1.165, 1.54) is 22.5 Å². The molecule has 2 N–H and O–H groups in total. The Bertz CT molecular complexity index is 530. The van der Waals surface area contributed by atoms with Crippen LogP contribution in [0.4, 0.5) is 5.13 Å². The molecule has 0 fully saturated rings. The van der Waals surface area contributed by atoms with Gasteiger partial charge in [0.15, 0.2) is 5.13 Å². The van der Waals surface area contributed by atoms with E-state index in [4.69, 9.17) is 5.73 Å². The van der Waals surface area contributed by atoms with Crippen LogP contribution in [-0.2, 0) is 19.5 Å². The molecule has 1 aromatic carbocycles. The molecule has 0 aliphatic carbocycles. The summed E-state index contributed by atoms with van der Waals surface area (Å²) in [6, 6.07) is 8.68. The molecular formula is C13H17Cl2N3S. The van der Waals surface area contributed by atoms with E-state index in [9.17, 15) is 0 Å². The van der Waals surface area contributed by atoms with E-state index in [0.717, 1.165) is 31.7 Å². The van der Waals surface area contributed by atoms with Crippen LogP contribution in [0, 0.1) is 0 Å². The number of benzene rings is 1. The number of thiazole rings is 1. The second-order valence-electron chi connectivity index (χ2n) is 4.41. The predicted molar refractivity (Wildman–Crippen MR) is 85.3 cm³/mol. The van der Waals surface area contributed by atoms with Gasteiger partial charge in [0.05, 0.1) is 5.69 Å². The average Bonchev–Trinajstić information content (AvgIpc) is 2.75. The third kappa shape index (κ3) is 3.83. The Labute approximate surface area is 129 Å². The van der Waals surface area contributed by atoms with Crippen molar-refractivity contribution in [2.24, 2.45) is 0 Å². The maximum absolute atomic E-state index is 5.65. The van der Waals surface area contributed by atoms with Crippen LogP contribution in [0.3, 0.4) is 0 Å². The van der Waals surface area contributed by atoms with Crippen LogP contribution >= 0.6 is 36.2 Å². The molecule has 3 rings (SSSR count). The Kier molecular flexibility index (Phi) is 6.07. The summed E-state index contributed by atoms with van der Waals surface area (Å²) >= 11 is 1.52. The van der Waals surface area contributed by atoms with Gasteiger partial charge in [-0.05, 0) is 17.5 Å². The molecule has 2 aromatic rings. The third-order valence-corrected chi connectivity index (χ3v) is 3.89. The Morgan fingerprint density at radius 2 is 1.95 bits per heavy atom. The molecule has 104 valence electrons. The summed E-state index contributed by atoms with van der Waals surface area (Å²) in [5.74, 6) is 0. The molecule has 19 heavy (non-hydrogen) atoms. The predicted octanol–water partition coefficient (Wildman–Crippen LogP) is 3.13. The standard InChI is InChI=1S/C13H15N3S.2ClH/c14-13-15-12(9-17-13)8-16-6-5-10-3-1-2-4-11(10)7-16;;/h1-4,9H,5-8H2,(H2,14,15);2*1H. The molecular weight excluding hydrogens is 301 g/mol. The Hall–Kier alpha value is -0.810. The van der Waals surface area contributed by atoms with Gasteiger partial charge in [-0.1, -0.05) is 24.3 Å². The number of rotatable bonds is 2. The van der Waals surface area contributed by atoms with E-state index in [0.29, 0.717) is 5.13 Å². The van der Waals surface area contributed by atoms with Crippen molar-refractivity contribution in [3.05, 3.63) is 46.5 Å². The third-order valence-electron chi connectivity index (χ3n) is 3.16. The lowest BCUT2D eigenvalue weighted by Crippen LogP contribution is -2.30. The summed E-state index contributed by atoms with van der Waals surface area (Å²) in [6.45, 7) is 3.03. The highest BCUT2D eigenvalue weighted by Gasteiger charge is 2.16. The molecule has 3 nitrogen and oxygen atoms in total. The van der Waals surface area contributed by atoms with Crippen molar-refractivity contribution in [3.63, 3.8) is 0 Å². The summed E-state index contributed by atoms with van der Waals surface area (Å²) in [4.78, 5) is 6.74. The topological polar surface area (TPSA) is 42.1 Å². The van der Waals surface area contributed by atoms with Gasteiger partial charge in [-0.15, -0.1) is 36.2 Å². The number of hydrogen-bond donors (Lipinski definition) is 1. The molecule has 1 aliphatic rings. The Morgan fingerprint density at radius 3 is 2.63 bits per heavy atom. The summed E-state index contributed by atoms with van der Waals surface area (Å²) in [5, 5.41) is 2.72. The molecule has 0 saturated carbocycles. The minimum absolute atomic E-state index is 0. The maximum atomic E-state index is 5.65. The minimum atomic E-state index is 0. The number of hydrogen-bond acceptors (Lipinski definition) is 4. The van der Waals surface area contributed by atoms with Crippen molar-refractivity contribution in [2.45, 2.75) is 19.5 Å². The van der Waals surface area contributed by atoms with Gasteiger partial charge in [-0.2, -0.15) is 0 Å². The zero-order valence-electron chi connectivity index (χ0n) is 10.4. The number of nitrogen functional groups attached to an aromatic ring is 1. The summed E-state index contributed by atoms with van der Waals surface area (Å²) in [7, 11) is 0. The zero-order chi connectivity index (χ0) is 11.7. The van der Waals surface area contributed by atoms with E-state index in [2.05, 4.69) is 39.5 Å². The van der Waals surface area contributed by atoms with Crippen LogP contribution < -0.4 is 5.73 Å². The summed E-state index contributed by atoms with van der Waals surface area (Å²) in [5.41, 5.74) is 9.67. The van der Waals surface area contributed by atoms with Gasteiger partial charge in [0.2, 0.25) is 0 Å². The molecule has 0 spiro atoms. The fourth-order valence-electron chi connectivity index (χ4n) is 2.31. The van der Waals surface area contributed by atoms with Crippen molar-refractivity contribution >= 4 is 41.3 Å². The summed E-state index contributed by atoms with van der Waals surface area (Å²) in [6.07, 6.45) is 1.13. The van der Waals surface area contributed by atoms with Crippen molar-refractivity contribution < 1.29 is 0 Å². The van der Waals surface area contributed by atoms with Crippen molar-refractivity contribution in [1.82, 2.24) is 9.88 Å². The van der Waals surface area contributed by atoms with Crippen LogP contribution in [0.2, 0.25) is 0 Å². The van der Waals surface area contributed by atoms with Crippen LogP contribution in [0.1, 0.15) is 16.8 Å². The highest BCUT2D eigenvalue weighted by atomic mass is 35.5. The van der Waals surface area contributed by atoms with Crippen LogP contribution in [0.5, 0.6) is 0 Å². The summed E-state index contributed by atoms with van der Waals surface area (Å²) < 4.78 is 0. The van der Waals surface area contributed by atoms with Crippen molar-refractivity contribution in [3.8, 4) is 0 Å². The quantitative estimate of drug-likeness (QED) is 0.925. The fraction of sp³-hybridized carbons (Fsp3) is 0.308. The Morgan fingerprint density at radius 1 is 1.21 bits per heavy atom. The smallest absolute Gasteiger partial charge is 0.180 e. The number of nitrogens with two attached hydrogens (primary N) is 1. The van der Waals surface area contributed by atoms with Gasteiger partial charge in [-0.3, -0.25) is 4.90 Å². The van der Waals surface area contributed by atoms with Crippen LogP contribution in [0.15, 0.2) is 29.6 Å². The van der Waals surface area contributed by atoms with Gasteiger partial charge in [0, 0.05) is 25.0 Å². The normalized spacial score (nSPS) is 14.1. The fourth-order valence-corrected chi connectivity index (χ4v) is 2.87. The maximum Gasteiger partial charge on any atom is 0.180 e. The van der Waals surface area contributed by atoms with Gasteiger partial charge in [0.25, 0.3) is 0 Å². The van der Waals surface area contributed by atoms with Crippen molar-refractivity contribution in [2.75, 3.05) is 12.3 Å². The number of anilines is 1. The second kappa shape index (κ2) is 7.10. The second-order valence-corrected chi connectivity index (χ2v) is 5.30. The first-order valence-electron chi connectivity index (χ1n) is 5.80. The highest BCUT2D eigenvalue weighted by molar-refractivity contribution is 7.13. The van der Waals surface area contributed by atoms with Gasteiger partial charge in [-0.25, -0.2) is 4.98 Å². The molecule has 1 aromatic heterocycles. The first-order valence-corrected chi connectivity index (χ1v) is 6.68. The largest absolute Gasteiger partial charge is 0.375 e. The van der Waals surface area contributed by atoms with E-state index >= 15 is 0 Å². The zero-order valence-corrected chi connectivity index (χ0v) is 12.9. The van der Waals surface area contributed by atoms with E-state index < -0.39 is 0 Å². The molecule has 0 radical (unpaired) electrons. The molecule has 0 atom stereocenters. The van der Waals surface area contributed by atoms with E-state index in [-0.39, 0.29) is 24.8 Å². The monoisotopic (exact) mass is 317 g/mol. The average molecular weight is 318 g/mol. The van der Waals surface area contributed by atoms with E-state index in [1.54, 1.807) is 0 Å². The lowest BCUT2D eigenvalue weighted by atomic mass is 10.00. The number of fused-ring (bicyclic) bond motifs is 1. The van der Waals surface area contributed by atoms with E-state index in [1.807, 2.05) is 0 Å². The van der Waals surface area contributed by atoms with Crippen molar-refractivity contribution in [1.29, 1.82) is 0 Å². The lowest BCUT2D eigenvalue weighted by molar-refractivity contribution is 0.243. The molecule has 1 aliphatic heterocycles. The number of halogens is 2. The molecule has 2 heterocycles. The number of aromatic nitrogens is 1. The van der Waals surface area contributed by atoms with Gasteiger partial charge in [0.1, 0.15) is 0 Å². The molecule has 0 unspecified atom stereocenters.